The summed E-state index contributed by atoms with van der Waals surface area (Å²) in [6.07, 6.45) is 2.63. The minimum absolute atomic E-state index is 0.757. The molecule has 0 aliphatic heterocycles. The van der Waals surface area contributed by atoms with Crippen molar-refractivity contribution < 1.29 is 4.80 Å². The highest BCUT2D eigenvalue weighted by Gasteiger charge is 2.30. The monoisotopic (exact) mass is 256 g/mol. The van der Waals surface area contributed by atoms with Crippen molar-refractivity contribution in [2.75, 3.05) is 0 Å². The van der Waals surface area contributed by atoms with Gasteiger partial charge in [0.25, 0.3) is 0 Å². The molecule has 0 aliphatic carbocycles. The standard InChI is InChI=1S/C11H24N2OSi2/c1-6-16(14,7-2)10-13-11(8-9-12-13)15(3,4)5/h8-9,14H,6-7,10H2,1-5H3. The molecule has 16 heavy (non-hydrogen) atoms. The molecule has 0 aliphatic rings. The van der Waals surface area contributed by atoms with Crippen LogP contribution in [0.2, 0.25) is 31.7 Å². The molecule has 0 saturated carbocycles. The van der Waals surface area contributed by atoms with Crippen molar-refractivity contribution in [3.8, 4) is 0 Å². The minimum atomic E-state index is -2.09. The van der Waals surface area contributed by atoms with E-state index < -0.39 is 16.4 Å². The van der Waals surface area contributed by atoms with Gasteiger partial charge >= 0.3 is 0 Å². The first-order chi connectivity index (χ1) is 7.32. The van der Waals surface area contributed by atoms with Gasteiger partial charge in [-0.05, 0) is 18.2 Å². The van der Waals surface area contributed by atoms with Crippen molar-refractivity contribution in [3.05, 3.63) is 12.3 Å². The molecule has 5 heteroatoms. The molecule has 0 fully saturated rings. The molecular weight excluding hydrogens is 232 g/mol. The molecule has 1 rings (SSSR count). The lowest BCUT2D eigenvalue weighted by Crippen LogP contribution is -2.48. The highest BCUT2D eigenvalue weighted by molar-refractivity contribution is 6.88. The van der Waals surface area contributed by atoms with Gasteiger partial charge in [0.1, 0.15) is 8.07 Å². The Morgan fingerprint density at radius 1 is 1.25 bits per heavy atom. The molecule has 1 N–H and O–H groups in total. The second kappa shape index (κ2) is 4.85. The molecule has 0 unspecified atom stereocenters. The van der Waals surface area contributed by atoms with Crippen molar-refractivity contribution in [2.45, 2.75) is 51.7 Å². The van der Waals surface area contributed by atoms with Crippen LogP contribution in [0.25, 0.3) is 0 Å². The van der Waals surface area contributed by atoms with Gasteiger partial charge in [-0.1, -0.05) is 33.5 Å². The molecule has 0 radical (unpaired) electrons. The van der Waals surface area contributed by atoms with Crippen molar-refractivity contribution >= 4 is 21.7 Å². The Morgan fingerprint density at radius 2 is 1.81 bits per heavy atom. The van der Waals surface area contributed by atoms with Gasteiger partial charge in [0, 0.05) is 11.5 Å². The van der Waals surface area contributed by atoms with Gasteiger partial charge in [0.15, 0.2) is 0 Å². The summed E-state index contributed by atoms with van der Waals surface area (Å²) >= 11 is 0. The van der Waals surface area contributed by atoms with E-state index in [1.165, 1.54) is 5.32 Å². The quantitative estimate of drug-likeness (QED) is 0.818. The van der Waals surface area contributed by atoms with Crippen molar-refractivity contribution in [2.24, 2.45) is 0 Å². The van der Waals surface area contributed by atoms with E-state index in [9.17, 15) is 4.80 Å². The van der Waals surface area contributed by atoms with E-state index in [1.807, 2.05) is 6.20 Å². The van der Waals surface area contributed by atoms with Crippen LogP contribution < -0.4 is 5.32 Å². The van der Waals surface area contributed by atoms with Crippen LogP contribution in [0.15, 0.2) is 12.3 Å². The fourth-order valence-corrected chi connectivity index (χ4v) is 5.25. The number of rotatable bonds is 5. The van der Waals surface area contributed by atoms with E-state index in [0.29, 0.717) is 0 Å². The first-order valence-electron chi connectivity index (χ1n) is 6.07. The van der Waals surface area contributed by atoms with Crippen molar-refractivity contribution in [3.63, 3.8) is 0 Å². The largest absolute Gasteiger partial charge is 0.430 e. The van der Waals surface area contributed by atoms with Crippen LogP contribution in [-0.2, 0) is 6.17 Å². The molecule has 0 aromatic carbocycles. The zero-order valence-electron chi connectivity index (χ0n) is 11.1. The summed E-state index contributed by atoms with van der Waals surface area (Å²) < 4.78 is 2.06. The first kappa shape index (κ1) is 13.7. The molecule has 0 amide bonds. The zero-order valence-corrected chi connectivity index (χ0v) is 13.1. The van der Waals surface area contributed by atoms with E-state index in [4.69, 9.17) is 0 Å². The lowest BCUT2D eigenvalue weighted by molar-refractivity contribution is 0.502. The molecule has 92 valence electrons. The molecule has 1 aromatic heterocycles. The highest BCUT2D eigenvalue weighted by atomic mass is 28.4. The third kappa shape index (κ3) is 3.05. The lowest BCUT2D eigenvalue weighted by atomic mass is 10.7. The van der Waals surface area contributed by atoms with Crippen LogP contribution in [0.5, 0.6) is 0 Å². The van der Waals surface area contributed by atoms with E-state index in [-0.39, 0.29) is 0 Å². The van der Waals surface area contributed by atoms with Gasteiger partial charge in [0.05, 0.1) is 6.17 Å². The van der Waals surface area contributed by atoms with Crippen LogP contribution >= 0.6 is 0 Å². The minimum Gasteiger partial charge on any atom is -0.430 e. The smallest absolute Gasteiger partial charge is 0.209 e. The topological polar surface area (TPSA) is 38.0 Å². The van der Waals surface area contributed by atoms with Gasteiger partial charge < -0.3 is 4.80 Å². The Morgan fingerprint density at radius 3 is 2.25 bits per heavy atom. The van der Waals surface area contributed by atoms with Gasteiger partial charge in [-0.15, -0.1) is 0 Å². The summed E-state index contributed by atoms with van der Waals surface area (Å²) in [4.78, 5) is 10.5. The molecule has 0 bridgehead atoms. The fourth-order valence-electron chi connectivity index (χ4n) is 1.85. The van der Waals surface area contributed by atoms with Gasteiger partial charge in [-0.3, -0.25) is 4.68 Å². The summed E-state index contributed by atoms with van der Waals surface area (Å²) in [6, 6.07) is 3.94. The van der Waals surface area contributed by atoms with Crippen LogP contribution in [0.4, 0.5) is 0 Å². The molecule has 0 saturated heterocycles. The molecule has 0 atom stereocenters. The third-order valence-electron chi connectivity index (χ3n) is 3.25. The number of hydrogen-bond acceptors (Lipinski definition) is 2. The zero-order chi connectivity index (χ0) is 12.4. The number of aromatic nitrogens is 2. The van der Waals surface area contributed by atoms with Gasteiger partial charge in [0.2, 0.25) is 8.32 Å². The lowest BCUT2D eigenvalue weighted by Gasteiger charge is -2.25. The third-order valence-corrected chi connectivity index (χ3v) is 8.73. The van der Waals surface area contributed by atoms with Gasteiger partial charge in [-0.2, -0.15) is 5.10 Å². The van der Waals surface area contributed by atoms with E-state index in [1.54, 1.807) is 0 Å². The van der Waals surface area contributed by atoms with E-state index in [2.05, 4.69) is 49.3 Å². The van der Waals surface area contributed by atoms with Gasteiger partial charge in [-0.25, -0.2) is 0 Å². The Hall–Kier alpha value is -0.396. The number of nitrogens with zero attached hydrogens (tertiary/aromatic N) is 2. The van der Waals surface area contributed by atoms with Crippen LogP contribution in [0, 0.1) is 0 Å². The summed E-state index contributed by atoms with van der Waals surface area (Å²) in [7, 11) is -3.43. The predicted octanol–water partition coefficient (Wildman–Crippen LogP) is 1.95. The summed E-state index contributed by atoms with van der Waals surface area (Å²) in [5, 5.41) is 5.74. The molecule has 3 nitrogen and oxygen atoms in total. The van der Waals surface area contributed by atoms with E-state index >= 15 is 0 Å². The van der Waals surface area contributed by atoms with E-state index in [0.717, 1.165) is 18.3 Å². The molecular formula is C11H24N2OSi2. The second-order valence-electron chi connectivity index (χ2n) is 5.56. The number of hydrogen-bond donors (Lipinski definition) is 1. The average molecular weight is 256 g/mol. The summed E-state index contributed by atoms with van der Waals surface area (Å²) in [5.74, 6) is 0. The van der Waals surface area contributed by atoms with Crippen LogP contribution in [0.1, 0.15) is 13.8 Å². The second-order valence-corrected chi connectivity index (χ2v) is 14.7. The summed E-state index contributed by atoms with van der Waals surface area (Å²) in [6.45, 7) is 11.1. The fraction of sp³-hybridized carbons (Fsp3) is 0.727. The average Bonchev–Trinajstić information content (AvgIpc) is 2.65. The molecule has 1 heterocycles. The van der Waals surface area contributed by atoms with Crippen LogP contribution in [0.3, 0.4) is 0 Å². The SMILES string of the molecule is CC[Si](O)(CC)Cn1nccc1[Si](C)(C)C. The summed E-state index contributed by atoms with van der Waals surface area (Å²) in [5.41, 5.74) is 0. The Balaban J connectivity index is 2.94. The van der Waals surface area contributed by atoms with Crippen LogP contribution in [-0.4, -0.2) is 31.0 Å². The van der Waals surface area contributed by atoms with Crippen molar-refractivity contribution in [1.29, 1.82) is 0 Å². The normalized spacial score (nSPS) is 13.1. The first-order valence-corrected chi connectivity index (χ1v) is 12.1. The molecule has 0 spiro atoms. The van der Waals surface area contributed by atoms with Crippen molar-refractivity contribution in [1.82, 2.24) is 9.78 Å². The Labute approximate surface area is 101 Å². The maximum Gasteiger partial charge on any atom is 0.209 e. The predicted molar refractivity (Wildman–Crippen MR) is 74.1 cm³/mol. The molecule has 1 aromatic rings. The Bertz CT molecular complexity index is 340. The Kier molecular flexibility index (Phi) is 4.14. The highest BCUT2D eigenvalue weighted by Crippen LogP contribution is 2.13. The maximum absolute atomic E-state index is 10.5. The maximum atomic E-state index is 10.5.